The lowest BCUT2D eigenvalue weighted by atomic mass is 9.85. The van der Waals surface area contributed by atoms with E-state index in [9.17, 15) is 19.5 Å². The molecule has 0 aliphatic rings. The first-order chi connectivity index (χ1) is 19.5. The molecular formula is C31H41N3O7. The summed E-state index contributed by atoms with van der Waals surface area (Å²) in [6.45, 7) is 10.5. The van der Waals surface area contributed by atoms with Crippen molar-refractivity contribution >= 4 is 28.9 Å². The molecule has 0 radical (unpaired) electrons. The number of aryl methyl sites for hydroxylation is 1. The van der Waals surface area contributed by atoms with Gasteiger partial charge in [0.05, 0.1) is 36.6 Å². The first-order valence-corrected chi connectivity index (χ1v) is 14.2. The molecule has 0 amide bonds. The number of aromatic nitrogens is 3. The maximum absolute atomic E-state index is 12.8. The van der Waals surface area contributed by atoms with Crippen LogP contribution < -0.4 is 0 Å². The van der Waals surface area contributed by atoms with Crippen molar-refractivity contribution in [3.8, 4) is 11.4 Å². The maximum atomic E-state index is 12.8. The summed E-state index contributed by atoms with van der Waals surface area (Å²) in [6, 6.07) is 12.8. The molecule has 0 bridgehead atoms. The Morgan fingerprint density at radius 2 is 1.44 bits per heavy atom. The van der Waals surface area contributed by atoms with Crippen molar-refractivity contribution in [1.82, 2.24) is 15.0 Å². The van der Waals surface area contributed by atoms with Gasteiger partial charge in [-0.15, -0.1) is 15.0 Å². The van der Waals surface area contributed by atoms with E-state index in [4.69, 9.17) is 14.2 Å². The zero-order valence-electron chi connectivity index (χ0n) is 24.7. The molecule has 3 unspecified atom stereocenters. The highest BCUT2D eigenvalue weighted by atomic mass is 16.6. The second-order valence-electron chi connectivity index (χ2n) is 10.9. The summed E-state index contributed by atoms with van der Waals surface area (Å²) in [4.78, 5) is 39.4. The Hall–Kier alpha value is -3.95. The predicted octanol–water partition coefficient (Wildman–Crippen LogP) is 5.17. The van der Waals surface area contributed by atoms with Gasteiger partial charge in [-0.3, -0.25) is 14.4 Å². The van der Waals surface area contributed by atoms with Crippen molar-refractivity contribution in [3.63, 3.8) is 0 Å². The van der Waals surface area contributed by atoms with E-state index < -0.39 is 35.7 Å². The third-order valence-electron chi connectivity index (χ3n) is 6.64. The van der Waals surface area contributed by atoms with Crippen LogP contribution in [0.4, 0.5) is 0 Å². The molecule has 0 fully saturated rings. The first kappa shape index (κ1) is 31.6. The van der Waals surface area contributed by atoms with Gasteiger partial charge >= 0.3 is 17.9 Å². The van der Waals surface area contributed by atoms with Gasteiger partial charge in [0.1, 0.15) is 22.5 Å². The number of phenols is 1. The highest BCUT2D eigenvalue weighted by molar-refractivity contribution is 5.83. The lowest BCUT2D eigenvalue weighted by Crippen LogP contribution is -2.35. The van der Waals surface area contributed by atoms with E-state index in [0.29, 0.717) is 18.5 Å². The van der Waals surface area contributed by atoms with Crippen LogP contribution in [-0.2, 0) is 35.0 Å². The zero-order valence-corrected chi connectivity index (χ0v) is 24.7. The number of phenolic OH excluding ortho intramolecular Hbond substituents is 1. The molecule has 0 saturated heterocycles. The number of rotatable bonds is 14. The van der Waals surface area contributed by atoms with Crippen molar-refractivity contribution in [3.05, 3.63) is 48.0 Å². The van der Waals surface area contributed by atoms with Crippen LogP contribution in [0.3, 0.4) is 0 Å². The molecule has 0 spiro atoms. The molecule has 3 atom stereocenters. The van der Waals surface area contributed by atoms with Crippen LogP contribution in [0.15, 0.2) is 42.5 Å². The summed E-state index contributed by atoms with van der Waals surface area (Å²) in [5, 5.41) is 19.2. The third kappa shape index (κ3) is 9.03. The van der Waals surface area contributed by atoms with Crippen molar-refractivity contribution in [1.29, 1.82) is 0 Å². The average Bonchev–Trinajstić information content (AvgIpc) is 3.35. The Bertz CT molecular complexity index is 1300. The van der Waals surface area contributed by atoms with Crippen molar-refractivity contribution in [2.24, 2.45) is 17.8 Å². The maximum Gasteiger partial charge on any atom is 0.310 e. The number of benzene rings is 2. The largest absolute Gasteiger partial charge is 0.506 e. The van der Waals surface area contributed by atoms with E-state index in [0.717, 1.165) is 23.0 Å². The number of carbonyl (C=O) groups is 3. The minimum atomic E-state index is -0.822. The van der Waals surface area contributed by atoms with Crippen molar-refractivity contribution in [2.45, 2.75) is 79.4 Å². The monoisotopic (exact) mass is 567 g/mol. The molecule has 222 valence electrons. The molecule has 1 N–H and O–H groups in total. The lowest BCUT2D eigenvalue weighted by molar-refractivity contribution is -0.166. The molecule has 1 heterocycles. The van der Waals surface area contributed by atoms with Gasteiger partial charge in [-0.25, -0.2) is 0 Å². The summed E-state index contributed by atoms with van der Waals surface area (Å²) in [5.74, 6) is -3.56. The van der Waals surface area contributed by atoms with Crippen LogP contribution in [0.5, 0.6) is 5.75 Å². The first-order valence-electron chi connectivity index (χ1n) is 14.2. The number of hydrogen-bond donors (Lipinski definition) is 1. The fourth-order valence-electron chi connectivity index (χ4n) is 4.40. The van der Waals surface area contributed by atoms with Crippen LogP contribution >= 0.6 is 0 Å². The van der Waals surface area contributed by atoms with Crippen LogP contribution in [-0.4, -0.2) is 56.8 Å². The van der Waals surface area contributed by atoms with Gasteiger partial charge in [-0.2, -0.15) is 0 Å². The van der Waals surface area contributed by atoms with Gasteiger partial charge in [0, 0.05) is 0 Å². The molecule has 0 aliphatic carbocycles. The molecule has 1 aromatic heterocycles. The topological polar surface area (TPSA) is 130 Å². The fraction of sp³-hybridized carbons (Fsp3) is 0.516. The van der Waals surface area contributed by atoms with Crippen LogP contribution in [0.25, 0.3) is 16.7 Å². The molecule has 41 heavy (non-hydrogen) atoms. The number of esters is 3. The number of fused-ring (bicyclic) bond motifs is 1. The van der Waals surface area contributed by atoms with E-state index in [-0.39, 0.29) is 31.0 Å². The molecule has 0 saturated carbocycles. The standard InChI is InChI=1S/C31H41N3O7/c1-19(2)40-30(37)22(6)24(31(38)41-20(3)4)17-21(5)29(36)39-16-10-9-11-23-14-15-28(35)27(18-23)34-32-25-12-7-8-13-26(25)33-34/h7-8,12-15,18-22,24,35H,9-11,16-17H2,1-6H3. The predicted molar refractivity (Wildman–Crippen MR) is 153 cm³/mol. The van der Waals surface area contributed by atoms with Crippen molar-refractivity contribution in [2.75, 3.05) is 6.61 Å². The van der Waals surface area contributed by atoms with E-state index >= 15 is 0 Å². The van der Waals surface area contributed by atoms with Gasteiger partial charge in [0.15, 0.2) is 0 Å². The number of nitrogens with zero attached hydrogens (tertiary/aromatic N) is 3. The molecule has 3 rings (SSSR count). The number of ether oxygens (including phenoxy) is 3. The number of aromatic hydroxyl groups is 1. The van der Waals surface area contributed by atoms with Gasteiger partial charge < -0.3 is 19.3 Å². The summed E-state index contributed by atoms with van der Waals surface area (Å²) >= 11 is 0. The SMILES string of the molecule is CC(C)OC(=O)C(C)C(CC(C)C(=O)OCCCCc1ccc(O)c(-n2nc3ccccc3n2)c1)C(=O)OC(C)C. The quantitative estimate of drug-likeness (QED) is 0.159. The molecule has 2 aromatic carbocycles. The Labute approximate surface area is 241 Å². The van der Waals surface area contributed by atoms with Gasteiger partial charge in [-0.05, 0) is 83.2 Å². The Morgan fingerprint density at radius 3 is 2.05 bits per heavy atom. The van der Waals surface area contributed by atoms with Crippen LogP contribution in [0.1, 0.15) is 66.4 Å². The second-order valence-corrected chi connectivity index (χ2v) is 10.9. The van der Waals surface area contributed by atoms with Crippen LogP contribution in [0, 0.1) is 17.8 Å². The number of hydrogen-bond acceptors (Lipinski definition) is 9. The summed E-state index contributed by atoms with van der Waals surface area (Å²) in [5.41, 5.74) is 2.96. The molecule has 10 nitrogen and oxygen atoms in total. The van der Waals surface area contributed by atoms with E-state index in [1.165, 1.54) is 4.80 Å². The highest BCUT2D eigenvalue weighted by Gasteiger charge is 2.36. The second kappa shape index (κ2) is 14.6. The minimum Gasteiger partial charge on any atom is -0.506 e. The Balaban J connectivity index is 1.51. The fourth-order valence-corrected chi connectivity index (χ4v) is 4.40. The highest BCUT2D eigenvalue weighted by Crippen LogP contribution is 2.26. The third-order valence-corrected chi connectivity index (χ3v) is 6.64. The van der Waals surface area contributed by atoms with Crippen molar-refractivity contribution < 1.29 is 33.7 Å². The van der Waals surface area contributed by atoms with Crippen LogP contribution in [0.2, 0.25) is 0 Å². The molecule has 3 aromatic rings. The van der Waals surface area contributed by atoms with E-state index in [2.05, 4.69) is 10.2 Å². The van der Waals surface area contributed by atoms with Gasteiger partial charge in [0.2, 0.25) is 0 Å². The Morgan fingerprint density at radius 1 is 0.829 bits per heavy atom. The summed E-state index contributed by atoms with van der Waals surface area (Å²) in [7, 11) is 0. The molecule has 0 aliphatic heterocycles. The summed E-state index contributed by atoms with van der Waals surface area (Å²) < 4.78 is 16.1. The van der Waals surface area contributed by atoms with Gasteiger partial charge in [0.25, 0.3) is 0 Å². The number of carbonyl (C=O) groups excluding carboxylic acids is 3. The van der Waals surface area contributed by atoms with Gasteiger partial charge in [-0.1, -0.05) is 32.0 Å². The number of unbranched alkanes of at least 4 members (excludes halogenated alkanes) is 1. The smallest absolute Gasteiger partial charge is 0.310 e. The molecular weight excluding hydrogens is 526 g/mol. The Kier molecular flexibility index (Phi) is 11.3. The minimum absolute atomic E-state index is 0.0827. The average molecular weight is 568 g/mol. The lowest BCUT2D eigenvalue weighted by Gasteiger charge is -2.25. The molecule has 10 heteroatoms. The van der Waals surface area contributed by atoms with E-state index in [1.54, 1.807) is 47.6 Å². The summed E-state index contributed by atoms with van der Waals surface area (Å²) in [6.07, 6.45) is 1.55. The normalized spacial score (nSPS) is 13.7. The zero-order chi connectivity index (χ0) is 30.1. The van der Waals surface area contributed by atoms with E-state index in [1.807, 2.05) is 36.4 Å².